The first kappa shape index (κ1) is 9.29. The second kappa shape index (κ2) is 3.85. The summed E-state index contributed by atoms with van der Waals surface area (Å²) in [6, 6.07) is 0. The van der Waals surface area contributed by atoms with Crippen molar-refractivity contribution in [2.75, 3.05) is 0 Å². The number of aromatic nitrogens is 4. The summed E-state index contributed by atoms with van der Waals surface area (Å²) in [5.41, 5.74) is 0.683. The smallest absolute Gasteiger partial charge is 0.149 e. The van der Waals surface area contributed by atoms with Crippen LogP contribution in [-0.4, -0.2) is 25.1 Å². The Morgan fingerprint density at radius 2 is 2.50 bits per heavy atom. The predicted octanol–water partition coefficient (Wildman–Crippen LogP) is 0.836. The normalized spacial score (nSPS) is 13.0. The summed E-state index contributed by atoms with van der Waals surface area (Å²) < 4.78 is 1.66. The second-order valence-corrected chi connectivity index (χ2v) is 3.67. The van der Waals surface area contributed by atoms with Crippen LogP contribution in [0.3, 0.4) is 0 Å². The van der Waals surface area contributed by atoms with Gasteiger partial charge in [-0.25, -0.2) is 9.67 Å². The number of aliphatic hydroxyl groups excluding tert-OH is 1. The minimum Gasteiger partial charge on any atom is -0.379 e. The quantitative estimate of drug-likeness (QED) is 0.815. The fourth-order valence-electron chi connectivity index (χ4n) is 1.22. The van der Waals surface area contributed by atoms with Crippen LogP contribution in [0.2, 0.25) is 0 Å². The van der Waals surface area contributed by atoms with Gasteiger partial charge in [-0.15, -0.1) is 16.4 Å². The Kier molecular flexibility index (Phi) is 2.55. The third-order valence-corrected chi connectivity index (χ3v) is 2.74. The van der Waals surface area contributed by atoms with Gasteiger partial charge in [-0.2, -0.15) is 0 Å². The largest absolute Gasteiger partial charge is 0.379 e. The van der Waals surface area contributed by atoms with Gasteiger partial charge in [0, 0.05) is 18.1 Å². The van der Waals surface area contributed by atoms with E-state index in [1.807, 2.05) is 12.3 Å². The SMILES string of the molecule is CCn1nncc1C(O)c1nccs1. The Labute approximate surface area is 85.0 Å². The lowest BCUT2D eigenvalue weighted by atomic mass is 10.3. The molecule has 0 aromatic carbocycles. The molecule has 1 unspecified atom stereocenters. The minimum absolute atomic E-state index is 0.669. The van der Waals surface area contributed by atoms with E-state index in [2.05, 4.69) is 15.3 Å². The summed E-state index contributed by atoms with van der Waals surface area (Å²) >= 11 is 1.42. The van der Waals surface area contributed by atoms with Crippen LogP contribution in [0.25, 0.3) is 0 Å². The zero-order chi connectivity index (χ0) is 9.97. The first-order chi connectivity index (χ1) is 6.83. The van der Waals surface area contributed by atoms with E-state index in [0.29, 0.717) is 17.2 Å². The Balaban J connectivity index is 2.31. The van der Waals surface area contributed by atoms with Crippen molar-refractivity contribution in [2.24, 2.45) is 0 Å². The molecular formula is C8H10N4OS. The molecule has 0 fully saturated rings. The fourth-order valence-corrected chi connectivity index (χ4v) is 1.85. The van der Waals surface area contributed by atoms with Gasteiger partial charge in [-0.05, 0) is 6.92 Å². The summed E-state index contributed by atoms with van der Waals surface area (Å²) in [4.78, 5) is 4.05. The van der Waals surface area contributed by atoms with Crippen molar-refractivity contribution < 1.29 is 5.11 Å². The van der Waals surface area contributed by atoms with Gasteiger partial charge >= 0.3 is 0 Å². The van der Waals surface area contributed by atoms with E-state index in [9.17, 15) is 5.11 Å². The molecule has 1 atom stereocenters. The first-order valence-electron chi connectivity index (χ1n) is 4.28. The number of nitrogens with zero attached hydrogens (tertiary/aromatic N) is 4. The summed E-state index contributed by atoms with van der Waals surface area (Å²) in [6.07, 6.45) is 2.52. The van der Waals surface area contributed by atoms with Crippen molar-refractivity contribution in [3.8, 4) is 0 Å². The van der Waals surface area contributed by atoms with Gasteiger partial charge in [0.1, 0.15) is 11.1 Å². The lowest BCUT2D eigenvalue weighted by Crippen LogP contribution is -2.08. The number of thiazole rings is 1. The minimum atomic E-state index is -0.718. The molecule has 2 heterocycles. The van der Waals surface area contributed by atoms with Crippen LogP contribution >= 0.6 is 11.3 Å². The van der Waals surface area contributed by atoms with E-state index >= 15 is 0 Å². The van der Waals surface area contributed by atoms with Crippen molar-refractivity contribution in [2.45, 2.75) is 19.6 Å². The van der Waals surface area contributed by atoms with Crippen molar-refractivity contribution in [1.82, 2.24) is 20.0 Å². The van der Waals surface area contributed by atoms with Crippen LogP contribution in [0, 0.1) is 0 Å². The zero-order valence-corrected chi connectivity index (χ0v) is 8.48. The van der Waals surface area contributed by atoms with E-state index in [-0.39, 0.29) is 0 Å². The van der Waals surface area contributed by atoms with Crippen LogP contribution < -0.4 is 0 Å². The topological polar surface area (TPSA) is 63.8 Å². The summed E-state index contributed by atoms with van der Waals surface area (Å²) in [5, 5.41) is 20.0. The highest BCUT2D eigenvalue weighted by Gasteiger charge is 2.17. The molecule has 2 aromatic heterocycles. The van der Waals surface area contributed by atoms with Crippen molar-refractivity contribution in [3.63, 3.8) is 0 Å². The molecule has 0 aliphatic rings. The summed E-state index contributed by atoms with van der Waals surface area (Å²) in [7, 11) is 0. The third-order valence-electron chi connectivity index (χ3n) is 1.91. The van der Waals surface area contributed by atoms with Gasteiger partial charge in [0.15, 0.2) is 0 Å². The molecule has 5 nitrogen and oxygen atoms in total. The number of aliphatic hydroxyl groups is 1. The molecular weight excluding hydrogens is 200 g/mol. The molecule has 0 radical (unpaired) electrons. The predicted molar refractivity (Wildman–Crippen MR) is 51.9 cm³/mol. The Morgan fingerprint density at radius 3 is 3.14 bits per heavy atom. The van der Waals surface area contributed by atoms with Gasteiger partial charge in [0.2, 0.25) is 0 Å². The average Bonchev–Trinajstić information content (AvgIpc) is 2.87. The van der Waals surface area contributed by atoms with Crippen LogP contribution in [0.4, 0.5) is 0 Å². The van der Waals surface area contributed by atoms with Crippen molar-refractivity contribution in [1.29, 1.82) is 0 Å². The van der Waals surface area contributed by atoms with E-state index in [1.165, 1.54) is 11.3 Å². The molecule has 0 saturated heterocycles. The molecule has 0 saturated carbocycles. The maximum atomic E-state index is 9.93. The molecule has 74 valence electrons. The number of hydrogen-bond acceptors (Lipinski definition) is 5. The third kappa shape index (κ3) is 1.53. The van der Waals surface area contributed by atoms with Crippen molar-refractivity contribution >= 4 is 11.3 Å². The van der Waals surface area contributed by atoms with E-state index in [1.54, 1.807) is 17.1 Å². The molecule has 2 rings (SSSR count). The lowest BCUT2D eigenvalue weighted by molar-refractivity contribution is 0.207. The highest BCUT2D eigenvalue weighted by molar-refractivity contribution is 7.09. The molecule has 1 N–H and O–H groups in total. The second-order valence-electron chi connectivity index (χ2n) is 2.75. The summed E-state index contributed by atoms with van der Waals surface area (Å²) in [5.74, 6) is 0. The van der Waals surface area contributed by atoms with Crippen molar-refractivity contribution in [3.05, 3.63) is 28.5 Å². The lowest BCUT2D eigenvalue weighted by Gasteiger charge is -2.07. The number of rotatable bonds is 3. The molecule has 0 bridgehead atoms. The van der Waals surface area contributed by atoms with E-state index in [0.717, 1.165) is 0 Å². The van der Waals surface area contributed by atoms with Gasteiger partial charge in [0.05, 0.1) is 11.9 Å². The maximum absolute atomic E-state index is 9.93. The molecule has 0 aliphatic heterocycles. The van der Waals surface area contributed by atoms with Crippen LogP contribution in [0.1, 0.15) is 23.7 Å². The zero-order valence-electron chi connectivity index (χ0n) is 7.66. The first-order valence-corrected chi connectivity index (χ1v) is 5.16. The Morgan fingerprint density at radius 1 is 1.64 bits per heavy atom. The Hall–Kier alpha value is -1.27. The summed E-state index contributed by atoms with van der Waals surface area (Å²) in [6.45, 7) is 2.64. The molecule has 6 heteroatoms. The van der Waals surface area contributed by atoms with Gasteiger partial charge < -0.3 is 5.11 Å². The highest BCUT2D eigenvalue weighted by Crippen LogP contribution is 2.22. The number of aryl methyl sites for hydroxylation is 1. The van der Waals surface area contributed by atoms with Gasteiger partial charge in [-0.1, -0.05) is 5.21 Å². The van der Waals surface area contributed by atoms with Gasteiger partial charge in [-0.3, -0.25) is 0 Å². The van der Waals surface area contributed by atoms with Crippen LogP contribution in [0.15, 0.2) is 17.8 Å². The fraction of sp³-hybridized carbons (Fsp3) is 0.375. The standard InChI is InChI=1S/C8H10N4OS/c1-2-12-6(5-10-11-12)7(13)8-9-3-4-14-8/h3-5,7,13H,2H2,1H3. The monoisotopic (exact) mass is 210 g/mol. The highest BCUT2D eigenvalue weighted by atomic mass is 32.1. The molecule has 0 amide bonds. The Bertz CT molecular complexity index is 397. The van der Waals surface area contributed by atoms with Gasteiger partial charge in [0.25, 0.3) is 0 Å². The average molecular weight is 210 g/mol. The molecule has 0 aliphatic carbocycles. The van der Waals surface area contributed by atoms with E-state index < -0.39 is 6.10 Å². The van der Waals surface area contributed by atoms with E-state index in [4.69, 9.17) is 0 Å². The molecule has 14 heavy (non-hydrogen) atoms. The molecule has 0 spiro atoms. The van der Waals surface area contributed by atoms with Crippen LogP contribution in [-0.2, 0) is 6.54 Å². The van der Waals surface area contributed by atoms with Crippen LogP contribution in [0.5, 0.6) is 0 Å². The molecule has 2 aromatic rings. The number of hydrogen-bond donors (Lipinski definition) is 1. The maximum Gasteiger partial charge on any atom is 0.149 e.